The molecule has 0 aromatic carbocycles. The van der Waals surface area contributed by atoms with Crippen molar-refractivity contribution in [2.45, 2.75) is 161 Å². The fourth-order valence-corrected chi connectivity index (χ4v) is 4.41. The van der Waals surface area contributed by atoms with Crippen molar-refractivity contribution in [3.05, 3.63) is 48.6 Å². The van der Waals surface area contributed by atoms with Crippen molar-refractivity contribution >= 4 is 11.9 Å². The minimum absolute atomic E-state index is 0.0801. The monoisotopic (exact) mass is 588 g/mol. The number of hydrogen-bond acceptors (Lipinski definition) is 5. The van der Waals surface area contributed by atoms with Crippen LogP contribution in [0.25, 0.3) is 0 Å². The molecule has 242 valence electrons. The van der Waals surface area contributed by atoms with E-state index >= 15 is 0 Å². The van der Waals surface area contributed by atoms with E-state index < -0.39 is 6.10 Å². The fourth-order valence-electron chi connectivity index (χ4n) is 4.41. The van der Waals surface area contributed by atoms with Crippen LogP contribution in [0.2, 0.25) is 0 Å². The van der Waals surface area contributed by atoms with Crippen molar-refractivity contribution in [1.82, 2.24) is 0 Å². The highest BCUT2D eigenvalue weighted by Gasteiger charge is 2.16. The van der Waals surface area contributed by atoms with Crippen LogP contribution >= 0.6 is 0 Å². The third-order valence-corrected chi connectivity index (χ3v) is 7.10. The van der Waals surface area contributed by atoms with Gasteiger partial charge in [-0.2, -0.15) is 0 Å². The van der Waals surface area contributed by atoms with Crippen LogP contribution in [0.5, 0.6) is 0 Å². The highest BCUT2D eigenvalue weighted by atomic mass is 16.6. The second-order valence-electron chi connectivity index (χ2n) is 11.2. The number of ether oxygens (including phenoxy) is 2. The van der Waals surface area contributed by atoms with Gasteiger partial charge in [-0.05, 0) is 64.2 Å². The summed E-state index contributed by atoms with van der Waals surface area (Å²) in [6.07, 6.45) is 40.1. The normalized spacial score (nSPS) is 12.7. The minimum atomic E-state index is -0.783. The lowest BCUT2D eigenvalue weighted by atomic mass is 10.1. The molecule has 42 heavy (non-hydrogen) atoms. The van der Waals surface area contributed by atoms with E-state index in [9.17, 15) is 14.7 Å². The average molecular weight is 589 g/mol. The Morgan fingerprint density at radius 3 is 1.40 bits per heavy atom. The Morgan fingerprint density at radius 2 is 0.952 bits per heavy atom. The standard InChI is InChI=1S/C37H64O5/c1-3-5-7-9-11-13-15-17-19-21-23-25-27-29-31-36(39)41-34-35(33-38)42-37(40)32-30-28-26-24-22-20-18-16-14-12-10-8-6-4-2/h9-12,15-18,35,38H,3-8,13-14,19-34H2,1-2H3/b11-9-,12-10-,17-15-,18-16-/t35-/m0/s1. The Bertz CT molecular complexity index is 722. The van der Waals surface area contributed by atoms with Crippen molar-refractivity contribution in [3.8, 4) is 0 Å². The van der Waals surface area contributed by atoms with Crippen LogP contribution in [0, 0.1) is 0 Å². The smallest absolute Gasteiger partial charge is 0.306 e. The molecule has 0 amide bonds. The summed E-state index contributed by atoms with van der Waals surface area (Å²) in [5, 5.41) is 9.50. The number of esters is 2. The van der Waals surface area contributed by atoms with Gasteiger partial charge in [-0.1, -0.05) is 127 Å². The first kappa shape index (κ1) is 39.9. The van der Waals surface area contributed by atoms with Crippen LogP contribution in [-0.2, 0) is 19.1 Å². The summed E-state index contributed by atoms with van der Waals surface area (Å²) >= 11 is 0. The van der Waals surface area contributed by atoms with Crippen LogP contribution in [0.3, 0.4) is 0 Å². The Morgan fingerprint density at radius 1 is 0.548 bits per heavy atom. The highest BCUT2D eigenvalue weighted by Crippen LogP contribution is 2.11. The first-order chi connectivity index (χ1) is 20.6. The van der Waals surface area contributed by atoms with Gasteiger partial charge in [0.15, 0.2) is 6.10 Å². The van der Waals surface area contributed by atoms with Crippen molar-refractivity contribution < 1.29 is 24.2 Å². The molecule has 0 spiro atoms. The number of aliphatic hydroxyl groups excluding tert-OH is 1. The molecule has 0 unspecified atom stereocenters. The van der Waals surface area contributed by atoms with Gasteiger partial charge < -0.3 is 14.6 Å². The summed E-state index contributed by atoms with van der Waals surface area (Å²) in [6, 6.07) is 0. The topological polar surface area (TPSA) is 72.8 Å². The highest BCUT2D eigenvalue weighted by molar-refractivity contribution is 5.70. The molecule has 0 bridgehead atoms. The lowest BCUT2D eigenvalue weighted by molar-refractivity contribution is -0.161. The molecule has 0 aromatic heterocycles. The summed E-state index contributed by atoms with van der Waals surface area (Å²) in [5.74, 6) is -0.629. The average Bonchev–Trinajstić information content (AvgIpc) is 2.99. The Balaban J connectivity index is 3.65. The summed E-state index contributed by atoms with van der Waals surface area (Å²) in [4.78, 5) is 24.1. The van der Waals surface area contributed by atoms with Crippen LogP contribution in [0.15, 0.2) is 48.6 Å². The molecule has 5 nitrogen and oxygen atoms in total. The quantitative estimate of drug-likeness (QED) is 0.0513. The van der Waals surface area contributed by atoms with Crippen LogP contribution in [0.1, 0.15) is 155 Å². The second kappa shape index (κ2) is 33.4. The Kier molecular flexibility index (Phi) is 31.7. The third kappa shape index (κ3) is 30.8. The van der Waals surface area contributed by atoms with Crippen molar-refractivity contribution in [3.63, 3.8) is 0 Å². The molecule has 0 aliphatic heterocycles. The van der Waals surface area contributed by atoms with Crippen molar-refractivity contribution in [2.24, 2.45) is 0 Å². The van der Waals surface area contributed by atoms with Crippen LogP contribution < -0.4 is 0 Å². The SMILES string of the molecule is CCCC/C=C\C/C=C\CCCCCCCC(=O)OC[C@H](CO)OC(=O)CCCCCCC/C=C\C/C=C\CCCC. The predicted octanol–water partition coefficient (Wildman–Crippen LogP) is 10.3. The fraction of sp³-hybridized carbons (Fsp3) is 0.730. The number of unbranched alkanes of at least 4 members (excludes halogenated alkanes) is 14. The zero-order valence-electron chi connectivity index (χ0n) is 27.2. The van der Waals surface area contributed by atoms with Gasteiger partial charge >= 0.3 is 11.9 Å². The first-order valence-corrected chi connectivity index (χ1v) is 17.2. The molecular formula is C37H64O5. The van der Waals surface area contributed by atoms with Gasteiger partial charge in [-0.25, -0.2) is 0 Å². The van der Waals surface area contributed by atoms with Crippen LogP contribution in [-0.4, -0.2) is 36.4 Å². The maximum absolute atomic E-state index is 12.1. The second-order valence-corrected chi connectivity index (χ2v) is 11.2. The molecule has 0 rings (SSSR count). The van der Waals surface area contributed by atoms with Gasteiger partial charge in [-0.15, -0.1) is 0 Å². The van der Waals surface area contributed by atoms with Gasteiger partial charge in [0.2, 0.25) is 0 Å². The van der Waals surface area contributed by atoms with Gasteiger partial charge in [-0.3, -0.25) is 9.59 Å². The van der Waals surface area contributed by atoms with E-state index in [2.05, 4.69) is 62.5 Å². The molecule has 0 aromatic rings. The number of rotatable bonds is 30. The van der Waals surface area contributed by atoms with E-state index in [0.29, 0.717) is 12.8 Å². The minimum Gasteiger partial charge on any atom is -0.462 e. The summed E-state index contributed by atoms with van der Waals surface area (Å²) in [6.45, 7) is 4.01. The van der Waals surface area contributed by atoms with Gasteiger partial charge in [0.05, 0.1) is 6.61 Å². The van der Waals surface area contributed by atoms with Crippen LogP contribution in [0.4, 0.5) is 0 Å². The third-order valence-electron chi connectivity index (χ3n) is 7.10. The van der Waals surface area contributed by atoms with E-state index in [1.54, 1.807) is 0 Å². The van der Waals surface area contributed by atoms with E-state index in [4.69, 9.17) is 9.47 Å². The summed E-state index contributed by atoms with van der Waals surface area (Å²) in [5.41, 5.74) is 0. The molecule has 0 radical (unpaired) electrons. The van der Waals surface area contributed by atoms with Crippen molar-refractivity contribution in [2.75, 3.05) is 13.2 Å². The molecular weight excluding hydrogens is 524 g/mol. The maximum atomic E-state index is 12.1. The molecule has 0 saturated carbocycles. The lowest BCUT2D eigenvalue weighted by Crippen LogP contribution is -2.28. The molecule has 1 atom stereocenters. The lowest BCUT2D eigenvalue weighted by Gasteiger charge is -2.15. The molecule has 5 heteroatoms. The van der Waals surface area contributed by atoms with E-state index in [-0.39, 0.29) is 25.2 Å². The zero-order chi connectivity index (χ0) is 30.8. The molecule has 0 aliphatic rings. The number of allylic oxidation sites excluding steroid dienone is 8. The van der Waals surface area contributed by atoms with Gasteiger partial charge in [0.25, 0.3) is 0 Å². The molecule has 0 aliphatic carbocycles. The molecule has 0 saturated heterocycles. The van der Waals surface area contributed by atoms with Gasteiger partial charge in [0.1, 0.15) is 6.61 Å². The van der Waals surface area contributed by atoms with E-state index in [1.807, 2.05) is 0 Å². The summed E-state index contributed by atoms with van der Waals surface area (Å²) in [7, 11) is 0. The molecule has 0 heterocycles. The predicted molar refractivity (Wildman–Crippen MR) is 177 cm³/mol. The number of aliphatic hydroxyl groups is 1. The Hall–Kier alpha value is -2.14. The molecule has 0 fully saturated rings. The van der Waals surface area contributed by atoms with Gasteiger partial charge in [0, 0.05) is 12.8 Å². The number of hydrogen-bond donors (Lipinski definition) is 1. The maximum Gasteiger partial charge on any atom is 0.306 e. The van der Waals surface area contributed by atoms with E-state index in [1.165, 1.54) is 57.8 Å². The number of carbonyl (C=O) groups is 2. The summed E-state index contributed by atoms with van der Waals surface area (Å²) < 4.78 is 10.5. The van der Waals surface area contributed by atoms with E-state index in [0.717, 1.165) is 70.6 Å². The first-order valence-electron chi connectivity index (χ1n) is 17.2. The van der Waals surface area contributed by atoms with Crippen molar-refractivity contribution in [1.29, 1.82) is 0 Å². The Labute approximate surface area is 258 Å². The largest absolute Gasteiger partial charge is 0.462 e. The molecule has 1 N–H and O–H groups in total. The zero-order valence-corrected chi connectivity index (χ0v) is 27.2. The number of carbonyl (C=O) groups excluding carboxylic acids is 2.